The second kappa shape index (κ2) is 17.4. The molecule has 0 aliphatic carbocycles. The first-order valence-corrected chi connectivity index (χ1v) is 16.2. The number of hydrogen-bond acceptors (Lipinski definition) is 4. The first kappa shape index (κ1) is 39.8. The lowest BCUT2D eigenvalue weighted by atomic mass is 9.94. The zero-order valence-corrected chi connectivity index (χ0v) is 28.0. The van der Waals surface area contributed by atoms with Crippen molar-refractivity contribution in [3.05, 3.63) is 88.3 Å². The van der Waals surface area contributed by atoms with Gasteiger partial charge in [-0.15, -0.1) is 0 Å². The maximum Gasteiger partial charge on any atom is 0.864 e. The van der Waals surface area contributed by atoms with Crippen molar-refractivity contribution in [1.82, 2.24) is 0 Å². The highest BCUT2D eigenvalue weighted by Gasteiger charge is 2.53. The fourth-order valence-electron chi connectivity index (χ4n) is 5.78. The lowest BCUT2D eigenvalue weighted by molar-refractivity contribution is -1.01. The van der Waals surface area contributed by atoms with Crippen LogP contribution in [0.3, 0.4) is 0 Å². The SMILES string of the molecule is CCCC[N+](CCCC)(CCCC)C(C)(OCC)c1c(OB(Oc2cc(F)c(F)c(F)c2)Oc2cc(F)c(F)c(F)c2)cc(F)c(F)c1F. The maximum absolute atomic E-state index is 16.3. The van der Waals surface area contributed by atoms with Crippen molar-refractivity contribution in [3.63, 3.8) is 0 Å². The van der Waals surface area contributed by atoms with Crippen molar-refractivity contribution in [3.8, 4) is 17.2 Å². The van der Waals surface area contributed by atoms with Gasteiger partial charge in [-0.2, -0.15) is 0 Å². The molecular formula is C34H40BF9NO4+. The maximum atomic E-state index is 16.3. The largest absolute Gasteiger partial charge is 0.864 e. The van der Waals surface area contributed by atoms with Crippen LogP contribution >= 0.6 is 0 Å². The Morgan fingerprint density at radius 2 is 0.939 bits per heavy atom. The van der Waals surface area contributed by atoms with E-state index in [-0.39, 0.29) is 11.1 Å². The van der Waals surface area contributed by atoms with Gasteiger partial charge in [-0.3, -0.25) is 4.48 Å². The lowest BCUT2D eigenvalue weighted by Gasteiger charge is -2.52. The molecule has 0 aliphatic rings. The Labute approximate surface area is 280 Å². The van der Waals surface area contributed by atoms with Crippen LogP contribution in [0.4, 0.5) is 39.5 Å². The minimum atomic E-state index is -2.40. The van der Waals surface area contributed by atoms with Crippen LogP contribution in [-0.2, 0) is 10.5 Å². The summed E-state index contributed by atoms with van der Waals surface area (Å²) in [4.78, 5) is 0. The zero-order chi connectivity index (χ0) is 36.5. The molecule has 0 aromatic heterocycles. The molecule has 3 aromatic carbocycles. The van der Waals surface area contributed by atoms with Gasteiger partial charge in [0.25, 0.3) is 0 Å². The van der Waals surface area contributed by atoms with Gasteiger partial charge in [0.05, 0.1) is 26.2 Å². The summed E-state index contributed by atoms with van der Waals surface area (Å²) in [6.07, 6.45) is 4.16. The first-order valence-electron chi connectivity index (χ1n) is 16.2. The molecule has 0 N–H and O–H groups in total. The minimum absolute atomic E-state index is 0.0164. The highest BCUT2D eigenvalue weighted by molar-refractivity contribution is 6.39. The average molecular weight is 708 g/mol. The molecule has 0 aliphatic heterocycles. The Hall–Kier alpha value is -3.59. The molecular weight excluding hydrogens is 668 g/mol. The third kappa shape index (κ3) is 8.96. The topological polar surface area (TPSA) is 36.9 Å². The number of hydrogen-bond donors (Lipinski definition) is 0. The number of quaternary nitrogens is 1. The lowest BCUT2D eigenvalue weighted by Crippen LogP contribution is -2.64. The molecule has 5 nitrogen and oxygen atoms in total. The van der Waals surface area contributed by atoms with E-state index in [0.29, 0.717) is 69.2 Å². The third-order valence-electron chi connectivity index (χ3n) is 8.34. The van der Waals surface area contributed by atoms with Crippen molar-refractivity contribution >= 4 is 7.32 Å². The molecule has 0 saturated carbocycles. The molecule has 0 radical (unpaired) electrons. The number of benzene rings is 3. The molecule has 1 atom stereocenters. The van der Waals surface area contributed by atoms with Gasteiger partial charge < -0.3 is 18.7 Å². The normalized spacial score (nSPS) is 12.9. The fraction of sp³-hybridized carbons (Fsp3) is 0.471. The number of nitrogens with zero attached hydrogens (tertiary/aromatic N) is 1. The van der Waals surface area contributed by atoms with Gasteiger partial charge in [0.15, 0.2) is 52.4 Å². The minimum Gasteiger partial charge on any atom is -0.489 e. The number of halogens is 9. The van der Waals surface area contributed by atoms with Crippen LogP contribution in [0.15, 0.2) is 30.3 Å². The van der Waals surface area contributed by atoms with Crippen LogP contribution in [-0.4, -0.2) is 38.0 Å². The van der Waals surface area contributed by atoms with E-state index in [0.717, 1.165) is 19.3 Å². The first-order chi connectivity index (χ1) is 23.2. The highest BCUT2D eigenvalue weighted by Crippen LogP contribution is 2.45. The Kier molecular flexibility index (Phi) is 14.1. The summed E-state index contributed by atoms with van der Waals surface area (Å²) in [6, 6.07) is 2.00. The molecule has 0 spiro atoms. The Bertz CT molecular complexity index is 1450. The number of unbranched alkanes of at least 4 members (excludes halogenated alkanes) is 3. The van der Waals surface area contributed by atoms with Gasteiger partial charge in [0.2, 0.25) is 5.72 Å². The predicted molar refractivity (Wildman–Crippen MR) is 165 cm³/mol. The Balaban J connectivity index is 2.31. The quantitative estimate of drug-likeness (QED) is 0.0409. The fourth-order valence-corrected chi connectivity index (χ4v) is 5.78. The molecule has 0 fully saturated rings. The van der Waals surface area contributed by atoms with Crippen LogP contribution in [0.2, 0.25) is 0 Å². The Morgan fingerprint density at radius 3 is 1.31 bits per heavy atom. The molecule has 49 heavy (non-hydrogen) atoms. The molecule has 0 amide bonds. The summed E-state index contributed by atoms with van der Waals surface area (Å²) in [5, 5.41) is 0. The van der Waals surface area contributed by atoms with Crippen LogP contribution < -0.4 is 14.0 Å². The molecule has 3 aromatic rings. The van der Waals surface area contributed by atoms with Crippen LogP contribution in [0.25, 0.3) is 0 Å². The smallest absolute Gasteiger partial charge is 0.489 e. The van der Waals surface area contributed by atoms with Gasteiger partial charge in [0.1, 0.15) is 22.8 Å². The summed E-state index contributed by atoms with van der Waals surface area (Å²) in [7, 11) is -2.40. The molecule has 15 heteroatoms. The van der Waals surface area contributed by atoms with Gasteiger partial charge in [0, 0.05) is 37.3 Å². The third-order valence-corrected chi connectivity index (χ3v) is 8.34. The second-order valence-corrected chi connectivity index (χ2v) is 11.7. The molecule has 270 valence electrons. The molecule has 0 heterocycles. The van der Waals surface area contributed by atoms with E-state index < -0.39 is 88.2 Å². The molecule has 3 rings (SSSR count). The van der Waals surface area contributed by atoms with E-state index in [1.54, 1.807) is 6.92 Å². The number of rotatable bonds is 19. The second-order valence-electron chi connectivity index (χ2n) is 11.7. The van der Waals surface area contributed by atoms with Gasteiger partial charge in [-0.05, 0) is 26.2 Å². The van der Waals surface area contributed by atoms with Crippen molar-refractivity contribution in [2.24, 2.45) is 0 Å². The summed E-state index contributed by atoms with van der Waals surface area (Å²) in [5.74, 6) is -18.1. The van der Waals surface area contributed by atoms with Crippen molar-refractivity contribution in [1.29, 1.82) is 0 Å². The van der Waals surface area contributed by atoms with E-state index in [1.165, 1.54) is 6.92 Å². The molecule has 1 unspecified atom stereocenters. The zero-order valence-electron chi connectivity index (χ0n) is 28.0. The van der Waals surface area contributed by atoms with E-state index >= 15 is 8.78 Å². The summed E-state index contributed by atoms with van der Waals surface area (Å²) < 4.78 is 153. The predicted octanol–water partition coefficient (Wildman–Crippen LogP) is 9.89. The summed E-state index contributed by atoms with van der Waals surface area (Å²) in [5.41, 5.74) is -2.36. The van der Waals surface area contributed by atoms with E-state index in [1.807, 2.05) is 20.8 Å². The Morgan fingerprint density at radius 1 is 0.551 bits per heavy atom. The van der Waals surface area contributed by atoms with Gasteiger partial charge >= 0.3 is 7.32 Å². The van der Waals surface area contributed by atoms with Crippen molar-refractivity contribution in [2.75, 3.05) is 26.2 Å². The van der Waals surface area contributed by atoms with Gasteiger partial charge in [-0.1, -0.05) is 40.0 Å². The van der Waals surface area contributed by atoms with E-state index in [2.05, 4.69) is 0 Å². The summed E-state index contributed by atoms with van der Waals surface area (Å²) in [6.45, 7) is 10.3. The summed E-state index contributed by atoms with van der Waals surface area (Å²) >= 11 is 0. The van der Waals surface area contributed by atoms with Crippen molar-refractivity contribution < 1.29 is 62.7 Å². The van der Waals surface area contributed by atoms with Crippen LogP contribution in [0.5, 0.6) is 17.2 Å². The number of ether oxygens (including phenoxy) is 1. The molecule has 0 bridgehead atoms. The van der Waals surface area contributed by atoms with Crippen LogP contribution in [0, 0.1) is 52.4 Å². The van der Waals surface area contributed by atoms with E-state index in [9.17, 15) is 30.7 Å². The molecule has 0 saturated heterocycles. The van der Waals surface area contributed by atoms with Crippen LogP contribution in [0.1, 0.15) is 78.7 Å². The van der Waals surface area contributed by atoms with Crippen molar-refractivity contribution in [2.45, 2.75) is 78.9 Å². The standard InChI is InChI=1S/C34H40BF9NO4/c1-6-10-13-45(14-11-7-2,15-12-8-3)34(5,46-9-4)29-28(20-27(40)32(43)33(29)44)49-35(47-21-16-23(36)30(41)24(37)17-21)48-22-18-25(38)31(42)26(39)19-22/h16-20H,6-15H2,1-5H3/q+1. The average Bonchev–Trinajstić information content (AvgIpc) is 3.04. The highest BCUT2D eigenvalue weighted by atomic mass is 19.2. The van der Waals surface area contributed by atoms with E-state index in [4.69, 9.17) is 18.7 Å². The monoisotopic (exact) mass is 708 g/mol. The van der Waals surface area contributed by atoms with Gasteiger partial charge in [-0.25, -0.2) is 39.5 Å².